The Bertz CT molecular complexity index is 1070. The van der Waals surface area contributed by atoms with Gasteiger partial charge < -0.3 is 15.5 Å². The number of rotatable bonds is 5. The summed E-state index contributed by atoms with van der Waals surface area (Å²) in [6.45, 7) is 1.34. The van der Waals surface area contributed by atoms with Crippen LogP contribution in [-0.2, 0) is 11.2 Å². The van der Waals surface area contributed by atoms with Crippen LogP contribution in [0.2, 0.25) is 5.02 Å². The third kappa shape index (κ3) is 4.94. The maximum absolute atomic E-state index is 12.9. The van der Waals surface area contributed by atoms with Crippen molar-refractivity contribution in [3.05, 3.63) is 46.2 Å². The quantitative estimate of drug-likeness (QED) is 0.627. The highest BCUT2D eigenvalue weighted by atomic mass is 35.5. The summed E-state index contributed by atoms with van der Waals surface area (Å²) in [4.78, 5) is 26.1. The largest absolute Gasteiger partial charge is 0.374 e. The fraction of sp³-hybridized carbons (Fsp3) is 0.381. The molecule has 0 radical (unpaired) electrons. The Hall–Kier alpha value is -2.78. The number of nitrogen functional groups attached to an aromatic ring is 1. The zero-order valence-electron chi connectivity index (χ0n) is 17.5. The van der Waals surface area contributed by atoms with E-state index in [0.717, 1.165) is 36.2 Å². The van der Waals surface area contributed by atoms with Crippen molar-refractivity contribution in [2.75, 3.05) is 37.8 Å². The fourth-order valence-corrected chi connectivity index (χ4v) is 4.50. The first-order valence-electron chi connectivity index (χ1n) is 10.1. The van der Waals surface area contributed by atoms with Crippen LogP contribution in [0.15, 0.2) is 30.5 Å². The fourth-order valence-electron chi connectivity index (χ4n) is 3.77. The van der Waals surface area contributed by atoms with E-state index in [0.29, 0.717) is 27.7 Å². The Balaban J connectivity index is 1.61. The summed E-state index contributed by atoms with van der Waals surface area (Å²) in [7, 11) is 3.84. The van der Waals surface area contributed by atoms with E-state index < -0.39 is 0 Å². The lowest BCUT2D eigenvalue weighted by molar-refractivity contribution is -0.131. The zero-order valence-corrected chi connectivity index (χ0v) is 19.0. The van der Waals surface area contributed by atoms with Gasteiger partial charge in [0.1, 0.15) is 5.01 Å². The van der Waals surface area contributed by atoms with Crippen molar-refractivity contribution in [1.82, 2.24) is 25.1 Å². The Morgan fingerprint density at radius 2 is 2.06 bits per heavy atom. The van der Waals surface area contributed by atoms with Gasteiger partial charge in [0, 0.05) is 49.9 Å². The summed E-state index contributed by atoms with van der Waals surface area (Å²) in [5, 5.41) is 9.48. The maximum atomic E-state index is 12.9. The number of carbonyl (C=O) groups excluding carboxylic acids is 1. The van der Waals surface area contributed by atoms with Crippen LogP contribution < -0.4 is 10.6 Å². The molecule has 1 atom stereocenters. The lowest BCUT2D eigenvalue weighted by atomic mass is 9.90. The normalized spacial score (nSPS) is 16.4. The number of piperidine rings is 1. The highest BCUT2D eigenvalue weighted by Crippen LogP contribution is 2.34. The smallest absolute Gasteiger partial charge is 0.229 e. The number of hydrogen-bond donors (Lipinski definition) is 1. The molecular weight excluding hydrogens is 434 g/mol. The van der Waals surface area contributed by atoms with E-state index >= 15 is 0 Å². The van der Waals surface area contributed by atoms with Gasteiger partial charge in [0.05, 0.1) is 12.1 Å². The molecule has 3 aromatic rings. The van der Waals surface area contributed by atoms with Crippen molar-refractivity contribution in [3.63, 3.8) is 0 Å². The summed E-state index contributed by atoms with van der Waals surface area (Å²) in [5.41, 5.74) is 8.58. The summed E-state index contributed by atoms with van der Waals surface area (Å²) in [5.74, 6) is 0.806. The molecule has 162 valence electrons. The molecule has 1 aromatic carbocycles. The van der Waals surface area contributed by atoms with Crippen LogP contribution in [0, 0.1) is 0 Å². The van der Waals surface area contributed by atoms with Crippen LogP contribution in [0.3, 0.4) is 0 Å². The lowest BCUT2D eigenvalue weighted by Crippen LogP contribution is -2.40. The second kappa shape index (κ2) is 9.15. The van der Waals surface area contributed by atoms with Crippen molar-refractivity contribution in [3.8, 4) is 11.1 Å². The van der Waals surface area contributed by atoms with Gasteiger partial charge in [-0.2, -0.15) is 0 Å². The summed E-state index contributed by atoms with van der Waals surface area (Å²) >= 11 is 7.33. The molecule has 2 aromatic heterocycles. The molecule has 8 nitrogen and oxygen atoms in total. The first kappa shape index (κ1) is 21.5. The van der Waals surface area contributed by atoms with Gasteiger partial charge in [-0.05, 0) is 30.5 Å². The predicted molar refractivity (Wildman–Crippen MR) is 123 cm³/mol. The summed E-state index contributed by atoms with van der Waals surface area (Å²) in [6, 6.07) is 7.69. The number of anilines is 2. The number of likely N-dealkylation sites (tertiary alicyclic amines) is 1. The number of nitrogens with zero attached hydrogens (tertiary/aromatic N) is 6. The first-order valence-corrected chi connectivity index (χ1v) is 11.3. The number of halogens is 1. The summed E-state index contributed by atoms with van der Waals surface area (Å²) < 4.78 is 0. The maximum Gasteiger partial charge on any atom is 0.229 e. The molecular formula is C21H24ClN7OS. The van der Waals surface area contributed by atoms with E-state index in [9.17, 15) is 4.79 Å². The number of aromatic nitrogens is 4. The number of benzene rings is 1. The average molecular weight is 458 g/mol. The van der Waals surface area contributed by atoms with E-state index in [4.69, 9.17) is 22.3 Å². The molecule has 1 aliphatic heterocycles. The molecule has 0 aliphatic carbocycles. The molecule has 1 saturated heterocycles. The Morgan fingerprint density at radius 3 is 2.74 bits per heavy atom. The third-order valence-electron chi connectivity index (χ3n) is 5.31. The lowest BCUT2D eigenvalue weighted by Gasteiger charge is -2.33. The minimum atomic E-state index is 0.0378. The predicted octanol–water partition coefficient (Wildman–Crippen LogP) is 3.25. The van der Waals surface area contributed by atoms with Gasteiger partial charge in [0.25, 0.3) is 0 Å². The van der Waals surface area contributed by atoms with Crippen molar-refractivity contribution in [2.24, 2.45) is 0 Å². The molecule has 1 amide bonds. The van der Waals surface area contributed by atoms with Gasteiger partial charge in [-0.1, -0.05) is 35.1 Å². The van der Waals surface area contributed by atoms with Crippen molar-refractivity contribution in [2.45, 2.75) is 25.2 Å². The zero-order chi connectivity index (χ0) is 22.0. The van der Waals surface area contributed by atoms with Crippen LogP contribution in [0.5, 0.6) is 0 Å². The minimum absolute atomic E-state index is 0.0378. The molecule has 0 saturated carbocycles. The average Bonchev–Trinajstić information content (AvgIpc) is 3.18. The Kier molecular flexibility index (Phi) is 6.33. The molecule has 1 aliphatic rings. The number of amides is 1. The van der Waals surface area contributed by atoms with E-state index in [1.54, 1.807) is 0 Å². The molecule has 2 N–H and O–H groups in total. The van der Waals surface area contributed by atoms with Gasteiger partial charge in [-0.3, -0.25) is 4.79 Å². The van der Waals surface area contributed by atoms with Gasteiger partial charge in [-0.25, -0.2) is 9.97 Å². The highest BCUT2D eigenvalue weighted by Gasteiger charge is 2.29. The number of carbonyl (C=O) groups is 1. The number of hydrogen-bond acceptors (Lipinski definition) is 8. The van der Waals surface area contributed by atoms with E-state index in [-0.39, 0.29) is 18.2 Å². The minimum Gasteiger partial charge on any atom is -0.374 e. The highest BCUT2D eigenvalue weighted by molar-refractivity contribution is 7.15. The van der Waals surface area contributed by atoms with Crippen molar-refractivity contribution in [1.29, 1.82) is 0 Å². The number of nitrogens with two attached hydrogens (primary N) is 1. The second-order valence-electron chi connectivity index (χ2n) is 7.76. The third-order valence-corrected chi connectivity index (χ3v) is 6.31. The Morgan fingerprint density at radius 1 is 1.29 bits per heavy atom. The summed E-state index contributed by atoms with van der Waals surface area (Å²) in [6.07, 6.45) is 3.96. The van der Waals surface area contributed by atoms with Crippen LogP contribution in [-0.4, -0.2) is 58.2 Å². The molecule has 10 heteroatoms. The molecule has 1 fully saturated rings. The molecule has 3 heterocycles. The standard InChI is InChI=1S/C21H24ClN7OS/c1-28(2)21-24-11-16(13-5-7-15(22)8-6-13)19(25-21)14-4-3-9-29(12-14)18(30)10-17-26-27-20(23)31-17/h5-8,11,14H,3-4,9-10,12H2,1-2H3,(H2,23,27)/t14-/m1/s1. The van der Waals surface area contributed by atoms with E-state index in [1.807, 2.05) is 54.4 Å². The van der Waals surface area contributed by atoms with Crippen molar-refractivity contribution < 1.29 is 4.79 Å². The SMILES string of the molecule is CN(C)c1ncc(-c2ccc(Cl)cc2)c([C@@H]2CCCN(C(=O)Cc3nnc(N)s3)C2)n1. The second-order valence-corrected chi connectivity index (χ2v) is 9.29. The van der Waals surface area contributed by atoms with Gasteiger partial charge in [0.2, 0.25) is 17.0 Å². The molecule has 0 bridgehead atoms. The first-order chi connectivity index (χ1) is 14.9. The molecule has 0 spiro atoms. The Labute approximate surface area is 190 Å². The van der Waals surface area contributed by atoms with Gasteiger partial charge in [-0.15, -0.1) is 10.2 Å². The van der Waals surface area contributed by atoms with Crippen molar-refractivity contribution >= 4 is 39.9 Å². The molecule has 4 rings (SSSR count). The monoisotopic (exact) mass is 457 g/mol. The van der Waals surface area contributed by atoms with Crippen LogP contribution in [0.4, 0.5) is 11.1 Å². The van der Waals surface area contributed by atoms with Crippen LogP contribution in [0.25, 0.3) is 11.1 Å². The topological polar surface area (TPSA) is 101 Å². The van der Waals surface area contributed by atoms with E-state index in [1.165, 1.54) is 11.3 Å². The molecule has 31 heavy (non-hydrogen) atoms. The van der Waals surface area contributed by atoms with Gasteiger partial charge in [0.15, 0.2) is 0 Å². The van der Waals surface area contributed by atoms with E-state index in [2.05, 4.69) is 15.2 Å². The molecule has 0 unspecified atom stereocenters. The van der Waals surface area contributed by atoms with Crippen LogP contribution >= 0.6 is 22.9 Å². The van der Waals surface area contributed by atoms with Crippen LogP contribution in [0.1, 0.15) is 29.5 Å². The van der Waals surface area contributed by atoms with Gasteiger partial charge >= 0.3 is 0 Å².